The molecule has 3 aromatic carbocycles. The predicted octanol–water partition coefficient (Wildman–Crippen LogP) is 8.14. The zero-order valence-electron chi connectivity index (χ0n) is 25.3. The van der Waals surface area contributed by atoms with E-state index in [-0.39, 0.29) is 16.9 Å². The van der Waals surface area contributed by atoms with Crippen molar-refractivity contribution >= 4 is 38.6 Å². The molecule has 3 atom stereocenters. The minimum atomic E-state index is -3.86. The molecule has 2 aliphatic rings. The molecule has 5 rings (SSSR count). The molecular weight excluding hydrogens is 600 g/mol. The molecule has 1 saturated heterocycles. The topological polar surface area (TPSA) is 76.0 Å². The number of halogens is 1. The minimum Gasteiger partial charge on any atom is -0.264 e. The van der Waals surface area contributed by atoms with Crippen LogP contribution in [0.5, 0.6) is 0 Å². The Hall–Kier alpha value is -2.36. The van der Waals surface area contributed by atoms with Crippen LogP contribution in [0.25, 0.3) is 0 Å². The Morgan fingerprint density at radius 1 is 1.02 bits per heavy atom. The van der Waals surface area contributed by atoms with E-state index >= 15 is 0 Å². The molecule has 43 heavy (non-hydrogen) atoms. The van der Waals surface area contributed by atoms with E-state index < -0.39 is 32.9 Å². The summed E-state index contributed by atoms with van der Waals surface area (Å²) in [6.07, 6.45) is 4.46. The number of hydrogen-bond acceptors (Lipinski definition) is 4. The summed E-state index contributed by atoms with van der Waals surface area (Å²) in [6.45, 7) is 8.42. The Morgan fingerprint density at radius 3 is 2.23 bits per heavy atom. The Morgan fingerprint density at radius 2 is 1.67 bits per heavy atom. The average Bonchev–Trinajstić information content (AvgIpc) is 3.34. The molecule has 0 aromatic heterocycles. The van der Waals surface area contributed by atoms with Crippen molar-refractivity contribution in [1.29, 1.82) is 0 Å². The third kappa shape index (κ3) is 6.40. The summed E-state index contributed by atoms with van der Waals surface area (Å²) in [5.41, 5.74) is 2.46. The van der Waals surface area contributed by atoms with Gasteiger partial charge in [-0.3, -0.25) is 4.18 Å². The molecule has 0 amide bonds. The van der Waals surface area contributed by atoms with Crippen LogP contribution in [0.1, 0.15) is 82.0 Å². The van der Waals surface area contributed by atoms with Crippen LogP contribution in [-0.2, 0) is 30.9 Å². The molecular formula is C34H41ClN2O4S2. The van der Waals surface area contributed by atoms with Gasteiger partial charge in [0.25, 0.3) is 11.3 Å². The smallest absolute Gasteiger partial charge is 0.264 e. The van der Waals surface area contributed by atoms with Crippen LogP contribution in [0.3, 0.4) is 0 Å². The highest BCUT2D eigenvalue weighted by Gasteiger charge is 2.54. The molecule has 9 heteroatoms. The van der Waals surface area contributed by atoms with E-state index in [1.54, 1.807) is 24.3 Å². The molecule has 0 N–H and O–H groups in total. The van der Waals surface area contributed by atoms with Crippen molar-refractivity contribution in [2.75, 3.05) is 6.54 Å². The van der Waals surface area contributed by atoms with Gasteiger partial charge < -0.3 is 0 Å². The summed E-state index contributed by atoms with van der Waals surface area (Å²) in [5.74, 6) is 0.305. The van der Waals surface area contributed by atoms with E-state index in [0.717, 1.165) is 41.7 Å². The largest absolute Gasteiger partial charge is 0.285 e. The van der Waals surface area contributed by atoms with Crippen molar-refractivity contribution in [3.63, 3.8) is 0 Å². The average molecular weight is 641 g/mol. The second kappa shape index (κ2) is 12.9. The number of sulfonamides is 1. The van der Waals surface area contributed by atoms with Crippen LogP contribution in [0.15, 0.2) is 88.2 Å². The molecule has 0 radical (unpaired) electrons. The number of benzene rings is 3. The third-order valence-electron chi connectivity index (χ3n) is 9.06. The Labute approximate surface area is 264 Å². The number of nitrogens with zero attached hydrogens (tertiary/aromatic N) is 2. The van der Waals surface area contributed by atoms with E-state index in [1.165, 1.54) is 4.31 Å². The fraction of sp³-hybridized carbons (Fsp3) is 0.441. The quantitative estimate of drug-likeness (QED) is 0.198. The summed E-state index contributed by atoms with van der Waals surface area (Å²) < 4.78 is 54.9. The molecule has 2 fully saturated rings. The van der Waals surface area contributed by atoms with Gasteiger partial charge in [0.15, 0.2) is 0 Å². The maximum atomic E-state index is 14.0. The number of aryl methyl sites for hydroxylation is 1. The van der Waals surface area contributed by atoms with Gasteiger partial charge in [-0.25, -0.2) is 12.6 Å². The fourth-order valence-electron chi connectivity index (χ4n) is 6.55. The van der Waals surface area contributed by atoms with E-state index in [9.17, 15) is 12.6 Å². The maximum absolute atomic E-state index is 14.0. The summed E-state index contributed by atoms with van der Waals surface area (Å²) in [4.78, 5) is 0.235. The summed E-state index contributed by atoms with van der Waals surface area (Å²) in [5, 5.41) is 0.677. The SMILES string of the molecule is CCC1(O[S@](=O)N=C(CC(C)C)C2(c3ccc(Cl)cc3)CCC2)CCN(S(=O)(=O)c2ccc(C)cc2)[C@@H]1c1ccccc1. The second-order valence-electron chi connectivity index (χ2n) is 12.3. The van der Waals surface area contributed by atoms with E-state index in [2.05, 4.69) is 13.8 Å². The van der Waals surface area contributed by atoms with Gasteiger partial charge in [-0.05, 0) is 80.3 Å². The molecule has 1 unspecified atom stereocenters. The summed E-state index contributed by atoms with van der Waals surface area (Å²) >= 11 is 4.17. The monoisotopic (exact) mass is 640 g/mol. The standard InChI is InChI=1S/C34H41ClN2O4S2/c1-5-34(41-42(38)36-31(24-25(2)3)33(20-9-21-33)28-14-16-29(35)17-15-28)22-23-37(32(34)27-10-7-6-8-11-27)43(39,40)30-18-12-26(4)13-19-30/h6-8,10-19,25,32H,5,9,20-24H2,1-4H3/t32-,34?,42+/m1/s1. The van der Waals surface area contributed by atoms with E-state index in [4.69, 9.17) is 20.2 Å². The highest BCUT2D eigenvalue weighted by atomic mass is 35.5. The first-order valence-electron chi connectivity index (χ1n) is 15.1. The second-order valence-corrected chi connectivity index (χ2v) is 15.4. The lowest BCUT2D eigenvalue weighted by Gasteiger charge is -2.44. The Kier molecular flexibility index (Phi) is 9.64. The highest BCUT2D eigenvalue weighted by molar-refractivity contribution is 7.89. The van der Waals surface area contributed by atoms with Crippen LogP contribution < -0.4 is 0 Å². The molecule has 0 bridgehead atoms. The molecule has 1 heterocycles. The van der Waals surface area contributed by atoms with Gasteiger partial charge in [-0.1, -0.05) is 99.0 Å². The van der Waals surface area contributed by atoms with Crippen molar-refractivity contribution in [3.05, 3.63) is 101 Å². The molecule has 6 nitrogen and oxygen atoms in total. The van der Waals surface area contributed by atoms with Crippen LogP contribution >= 0.6 is 11.6 Å². The molecule has 230 valence electrons. The minimum absolute atomic E-state index is 0.235. The first kappa shape index (κ1) is 32.0. The fourth-order valence-corrected chi connectivity index (χ4v) is 9.40. The molecule has 1 aliphatic carbocycles. The van der Waals surface area contributed by atoms with Gasteiger partial charge in [0.2, 0.25) is 10.0 Å². The van der Waals surface area contributed by atoms with Crippen molar-refractivity contribution < 1.29 is 16.8 Å². The zero-order valence-corrected chi connectivity index (χ0v) is 27.7. The van der Waals surface area contributed by atoms with Crippen LogP contribution in [0.4, 0.5) is 0 Å². The number of rotatable bonds is 11. The molecule has 1 saturated carbocycles. The maximum Gasteiger partial charge on any atom is 0.285 e. The lowest BCUT2D eigenvalue weighted by molar-refractivity contribution is 0.0529. The highest BCUT2D eigenvalue weighted by Crippen LogP contribution is 2.50. The van der Waals surface area contributed by atoms with Crippen LogP contribution in [0.2, 0.25) is 5.02 Å². The molecule has 1 aliphatic heterocycles. The Balaban J connectivity index is 1.53. The first-order valence-corrected chi connectivity index (χ1v) is 17.9. The van der Waals surface area contributed by atoms with Crippen LogP contribution in [0, 0.1) is 12.8 Å². The van der Waals surface area contributed by atoms with E-state index in [1.807, 2.05) is 68.4 Å². The van der Waals surface area contributed by atoms with Gasteiger partial charge >= 0.3 is 0 Å². The number of hydrogen-bond donors (Lipinski definition) is 0. The Bertz CT molecular complexity index is 1570. The lowest BCUT2D eigenvalue weighted by Crippen LogP contribution is -2.44. The van der Waals surface area contributed by atoms with Gasteiger partial charge in [0, 0.05) is 22.7 Å². The van der Waals surface area contributed by atoms with Gasteiger partial charge in [-0.15, -0.1) is 0 Å². The predicted molar refractivity (Wildman–Crippen MR) is 175 cm³/mol. The summed E-state index contributed by atoms with van der Waals surface area (Å²) in [7, 11) is -3.86. The molecule has 3 aromatic rings. The van der Waals surface area contributed by atoms with Crippen LogP contribution in [-0.4, -0.2) is 34.8 Å². The third-order valence-corrected chi connectivity index (χ3v) is 12.0. The van der Waals surface area contributed by atoms with Gasteiger partial charge in [0.05, 0.1) is 10.9 Å². The summed E-state index contributed by atoms with van der Waals surface area (Å²) in [6, 6.07) is 23.7. The van der Waals surface area contributed by atoms with Crippen molar-refractivity contribution in [2.45, 2.75) is 88.2 Å². The van der Waals surface area contributed by atoms with Gasteiger partial charge in [0.1, 0.15) is 5.60 Å². The van der Waals surface area contributed by atoms with E-state index in [0.29, 0.717) is 30.2 Å². The van der Waals surface area contributed by atoms with Crippen molar-refractivity contribution in [1.82, 2.24) is 4.31 Å². The molecule has 0 spiro atoms. The van der Waals surface area contributed by atoms with Crippen molar-refractivity contribution in [2.24, 2.45) is 10.3 Å². The normalized spacial score (nSPS) is 23.3. The van der Waals surface area contributed by atoms with Gasteiger partial charge in [-0.2, -0.15) is 8.70 Å². The first-order chi connectivity index (χ1) is 20.5. The zero-order chi connectivity index (χ0) is 30.8. The van der Waals surface area contributed by atoms with Crippen molar-refractivity contribution in [3.8, 4) is 0 Å². The lowest BCUT2D eigenvalue weighted by atomic mass is 9.60.